The minimum atomic E-state index is -0.729. The predicted octanol–water partition coefficient (Wildman–Crippen LogP) is 4.14. The third kappa shape index (κ3) is 5.16. The van der Waals surface area contributed by atoms with Crippen molar-refractivity contribution in [1.29, 1.82) is 0 Å². The molecule has 2 aromatic rings. The third-order valence-corrected chi connectivity index (χ3v) is 3.70. The Labute approximate surface area is 144 Å². The number of hydrogen-bond acceptors (Lipinski definition) is 2. The zero-order valence-electron chi connectivity index (χ0n) is 12.3. The fourth-order valence-corrected chi connectivity index (χ4v) is 2.07. The topological polar surface area (TPSA) is 70.2 Å². The van der Waals surface area contributed by atoms with Gasteiger partial charge in [0.25, 0.3) is 0 Å². The molecule has 0 spiro atoms. The van der Waals surface area contributed by atoms with Gasteiger partial charge in [-0.3, -0.25) is 4.79 Å². The molecule has 5 nitrogen and oxygen atoms in total. The SMILES string of the molecule is CC(NC(=O)Nc1ccccc1)C(=O)Nc1ccc(Cl)c(Cl)c1. The van der Waals surface area contributed by atoms with Crippen molar-refractivity contribution in [2.45, 2.75) is 13.0 Å². The number of amides is 3. The maximum Gasteiger partial charge on any atom is 0.319 e. The summed E-state index contributed by atoms with van der Waals surface area (Å²) in [4.78, 5) is 23.9. The van der Waals surface area contributed by atoms with Gasteiger partial charge in [0.2, 0.25) is 5.91 Å². The van der Waals surface area contributed by atoms with Crippen LogP contribution < -0.4 is 16.0 Å². The summed E-state index contributed by atoms with van der Waals surface area (Å²) in [6.07, 6.45) is 0. The fourth-order valence-electron chi connectivity index (χ4n) is 1.78. The van der Waals surface area contributed by atoms with Crippen LogP contribution in [0.1, 0.15) is 6.92 Å². The van der Waals surface area contributed by atoms with E-state index in [1.807, 2.05) is 6.07 Å². The first-order valence-corrected chi connectivity index (χ1v) is 7.60. The minimum absolute atomic E-state index is 0.340. The average molecular weight is 352 g/mol. The predicted molar refractivity (Wildman–Crippen MR) is 93.2 cm³/mol. The van der Waals surface area contributed by atoms with Crippen LogP contribution in [-0.4, -0.2) is 18.0 Å². The van der Waals surface area contributed by atoms with Gasteiger partial charge >= 0.3 is 6.03 Å². The van der Waals surface area contributed by atoms with Crippen molar-refractivity contribution in [3.05, 3.63) is 58.6 Å². The molecule has 0 heterocycles. The van der Waals surface area contributed by atoms with Crippen LogP contribution in [0.3, 0.4) is 0 Å². The van der Waals surface area contributed by atoms with Gasteiger partial charge < -0.3 is 16.0 Å². The molecule has 0 saturated heterocycles. The molecule has 0 fully saturated rings. The van der Waals surface area contributed by atoms with Gasteiger partial charge in [0.05, 0.1) is 10.0 Å². The number of benzene rings is 2. The van der Waals surface area contributed by atoms with Crippen molar-refractivity contribution in [3.8, 4) is 0 Å². The fraction of sp³-hybridized carbons (Fsp3) is 0.125. The molecule has 0 bridgehead atoms. The lowest BCUT2D eigenvalue weighted by atomic mass is 10.2. The Balaban J connectivity index is 1.89. The second-order valence-corrected chi connectivity index (χ2v) is 5.62. The van der Waals surface area contributed by atoms with E-state index in [1.54, 1.807) is 49.4 Å². The number of halogens is 2. The van der Waals surface area contributed by atoms with E-state index in [-0.39, 0.29) is 5.91 Å². The number of para-hydroxylation sites is 1. The van der Waals surface area contributed by atoms with E-state index in [2.05, 4.69) is 16.0 Å². The quantitative estimate of drug-likeness (QED) is 0.774. The van der Waals surface area contributed by atoms with E-state index < -0.39 is 12.1 Å². The van der Waals surface area contributed by atoms with Gasteiger partial charge in [0.15, 0.2) is 0 Å². The standard InChI is InChI=1S/C16H15Cl2N3O2/c1-10(19-16(23)21-11-5-3-2-4-6-11)15(22)20-12-7-8-13(17)14(18)9-12/h2-10H,1H3,(H,20,22)(H2,19,21,23). The first kappa shape index (κ1) is 17.1. The summed E-state index contributed by atoms with van der Waals surface area (Å²) in [6.45, 7) is 1.58. The molecule has 1 atom stereocenters. The maximum atomic E-state index is 12.1. The number of urea groups is 1. The smallest absolute Gasteiger partial charge is 0.319 e. The Kier molecular flexibility index (Phi) is 5.84. The monoisotopic (exact) mass is 351 g/mol. The Morgan fingerprint density at radius 3 is 2.26 bits per heavy atom. The summed E-state index contributed by atoms with van der Waals surface area (Å²) in [5, 5.41) is 8.59. The molecule has 2 rings (SSSR count). The highest BCUT2D eigenvalue weighted by Crippen LogP contribution is 2.25. The van der Waals surface area contributed by atoms with Crippen LogP contribution in [0.15, 0.2) is 48.5 Å². The van der Waals surface area contributed by atoms with Crippen LogP contribution in [0, 0.1) is 0 Å². The van der Waals surface area contributed by atoms with Crippen LogP contribution in [0.25, 0.3) is 0 Å². The second-order valence-electron chi connectivity index (χ2n) is 4.80. The van der Waals surface area contributed by atoms with E-state index in [0.29, 0.717) is 21.4 Å². The largest absolute Gasteiger partial charge is 0.326 e. The molecule has 0 saturated carbocycles. The Morgan fingerprint density at radius 2 is 1.61 bits per heavy atom. The number of nitrogens with one attached hydrogen (secondary N) is 3. The molecule has 0 radical (unpaired) electrons. The Hall–Kier alpha value is -2.24. The van der Waals surface area contributed by atoms with Crippen LogP contribution >= 0.6 is 23.2 Å². The van der Waals surface area contributed by atoms with Gasteiger partial charge in [0, 0.05) is 11.4 Å². The Bertz CT molecular complexity index is 708. The highest BCUT2D eigenvalue weighted by molar-refractivity contribution is 6.42. The summed E-state index contributed by atoms with van der Waals surface area (Å²) in [6, 6.07) is 12.5. The van der Waals surface area contributed by atoms with Crippen LogP contribution in [0.2, 0.25) is 10.0 Å². The van der Waals surface area contributed by atoms with Gasteiger partial charge in [-0.25, -0.2) is 4.79 Å². The van der Waals surface area contributed by atoms with Crippen molar-refractivity contribution in [3.63, 3.8) is 0 Å². The number of carbonyl (C=O) groups is 2. The van der Waals surface area contributed by atoms with Crippen LogP contribution in [0.4, 0.5) is 16.2 Å². The van der Waals surface area contributed by atoms with Gasteiger partial charge in [-0.2, -0.15) is 0 Å². The average Bonchev–Trinajstić information content (AvgIpc) is 2.51. The highest BCUT2D eigenvalue weighted by Gasteiger charge is 2.16. The van der Waals surface area contributed by atoms with E-state index in [1.165, 1.54) is 0 Å². The molecule has 1 unspecified atom stereocenters. The van der Waals surface area contributed by atoms with E-state index >= 15 is 0 Å². The first-order valence-electron chi connectivity index (χ1n) is 6.84. The second kappa shape index (κ2) is 7.85. The molecular formula is C16H15Cl2N3O2. The summed E-state index contributed by atoms with van der Waals surface area (Å²) in [7, 11) is 0. The number of anilines is 2. The molecule has 2 aromatic carbocycles. The zero-order valence-corrected chi connectivity index (χ0v) is 13.8. The number of hydrogen-bond donors (Lipinski definition) is 3. The normalized spacial score (nSPS) is 11.4. The minimum Gasteiger partial charge on any atom is -0.326 e. The molecule has 0 aliphatic heterocycles. The summed E-state index contributed by atoms with van der Waals surface area (Å²) in [5.74, 6) is -0.369. The molecule has 0 aliphatic rings. The van der Waals surface area contributed by atoms with Crippen molar-refractivity contribution in [2.75, 3.05) is 10.6 Å². The molecule has 3 N–H and O–H groups in total. The maximum absolute atomic E-state index is 12.1. The van der Waals surface area contributed by atoms with Crippen molar-refractivity contribution in [1.82, 2.24) is 5.32 Å². The summed E-state index contributed by atoms with van der Waals surface area (Å²) >= 11 is 11.7. The molecule has 3 amide bonds. The molecular weight excluding hydrogens is 337 g/mol. The van der Waals surface area contributed by atoms with Crippen LogP contribution in [-0.2, 0) is 4.79 Å². The Morgan fingerprint density at radius 1 is 0.913 bits per heavy atom. The molecule has 7 heteroatoms. The molecule has 0 aromatic heterocycles. The lowest BCUT2D eigenvalue weighted by Crippen LogP contribution is -2.43. The van der Waals surface area contributed by atoms with Gasteiger partial charge in [-0.15, -0.1) is 0 Å². The third-order valence-electron chi connectivity index (χ3n) is 2.96. The van der Waals surface area contributed by atoms with Crippen molar-refractivity contribution >= 4 is 46.5 Å². The van der Waals surface area contributed by atoms with Gasteiger partial charge in [0.1, 0.15) is 6.04 Å². The molecule has 120 valence electrons. The highest BCUT2D eigenvalue weighted by atomic mass is 35.5. The van der Waals surface area contributed by atoms with E-state index in [0.717, 1.165) is 0 Å². The van der Waals surface area contributed by atoms with Crippen molar-refractivity contribution in [2.24, 2.45) is 0 Å². The van der Waals surface area contributed by atoms with Gasteiger partial charge in [-0.05, 0) is 37.3 Å². The lowest BCUT2D eigenvalue weighted by Gasteiger charge is -2.15. The summed E-state index contributed by atoms with van der Waals surface area (Å²) in [5.41, 5.74) is 1.14. The van der Waals surface area contributed by atoms with E-state index in [4.69, 9.17) is 23.2 Å². The van der Waals surface area contributed by atoms with E-state index in [9.17, 15) is 9.59 Å². The first-order chi connectivity index (χ1) is 11.0. The van der Waals surface area contributed by atoms with Crippen molar-refractivity contribution < 1.29 is 9.59 Å². The lowest BCUT2D eigenvalue weighted by molar-refractivity contribution is -0.117. The van der Waals surface area contributed by atoms with Gasteiger partial charge in [-0.1, -0.05) is 41.4 Å². The van der Waals surface area contributed by atoms with Crippen LogP contribution in [0.5, 0.6) is 0 Å². The molecule has 23 heavy (non-hydrogen) atoms. The number of carbonyl (C=O) groups excluding carboxylic acids is 2. The summed E-state index contributed by atoms with van der Waals surface area (Å²) < 4.78 is 0. The number of rotatable bonds is 4. The molecule has 0 aliphatic carbocycles. The zero-order chi connectivity index (χ0) is 16.8.